The van der Waals surface area contributed by atoms with Gasteiger partial charge in [0.15, 0.2) is 0 Å². The number of hydrogen-bond donors (Lipinski definition) is 3. The third-order valence-corrected chi connectivity index (χ3v) is 2.09. The molecule has 0 aromatic rings. The van der Waals surface area contributed by atoms with Crippen LogP contribution in [-0.4, -0.2) is 33.6 Å². The Balaban J connectivity index is 3.96. The zero-order valence-electron chi connectivity index (χ0n) is 8.62. The molecule has 0 saturated carbocycles. The molecule has 0 fully saturated rings. The van der Waals surface area contributed by atoms with Crippen LogP contribution >= 0.6 is 0 Å². The number of aliphatic hydroxyl groups is 3. The van der Waals surface area contributed by atoms with E-state index in [1.54, 1.807) is 0 Å². The summed E-state index contributed by atoms with van der Waals surface area (Å²) in [7, 11) is 0. The van der Waals surface area contributed by atoms with Gasteiger partial charge in [-0.05, 0) is 33.6 Å². The van der Waals surface area contributed by atoms with Crippen LogP contribution in [0.1, 0.15) is 33.6 Å². The van der Waals surface area contributed by atoms with Gasteiger partial charge in [0.25, 0.3) is 0 Å². The summed E-state index contributed by atoms with van der Waals surface area (Å²) < 4.78 is 0. The van der Waals surface area contributed by atoms with Crippen LogP contribution in [0.4, 0.5) is 0 Å². The zero-order chi connectivity index (χ0) is 10.5. The molecular weight excluding hydrogens is 168 g/mol. The molecule has 0 rings (SSSR count). The number of allylic oxidation sites excluding steroid dienone is 2. The van der Waals surface area contributed by atoms with Crippen molar-refractivity contribution in [2.24, 2.45) is 0 Å². The normalized spacial score (nSPS) is 17.7. The minimum absolute atomic E-state index is 0.401. The van der Waals surface area contributed by atoms with Crippen molar-refractivity contribution < 1.29 is 15.3 Å². The minimum Gasteiger partial charge on any atom is -0.394 e. The largest absolute Gasteiger partial charge is 0.394 e. The van der Waals surface area contributed by atoms with E-state index in [-0.39, 0.29) is 0 Å². The van der Waals surface area contributed by atoms with Crippen LogP contribution in [0.25, 0.3) is 0 Å². The van der Waals surface area contributed by atoms with Gasteiger partial charge in [0.2, 0.25) is 0 Å². The first kappa shape index (κ1) is 12.6. The lowest BCUT2D eigenvalue weighted by Crippen LogP contribution is -2.41. The monoisotopic (exact) mass is 188 g/mol. The van der Waals surface area contributed by atoms with E-state index in [1.807, 2.05) is 19.9 Å². The lowest BCUT2D eigenvalue weighted by Gasteiger charge is -2.27. The second kappa shape index (κ2) is 5.37. The number of hydrogen-bond acceptors (Lipinski definition) is 3. The molecule has 0 aliphatic rings. The maximum Gasteiger partial charge on any atom is 0.105 e. The summed E-state index contributed by atoms with van der Waals surface area (Å²) in [6, 6.07) is 0. The van der Waals surface area contributed by atoms with Gasteiger partial charge in [-0.2, -0.15) is 0 Å². The molecule has 3 nitrogen and oxygen atoms in total. The predicted molar refractivity (Wildman–Crippen MR) is 52.4 cm³/mol. The van der Waals surface area contributed by atoms with E-state index in [9.17, 15) is 10.2 Å². The average Bonchev–Trinajstić information content (AvgIpc) is 2.01. The molecule has 0 aromatic carbocycles. The summed E-state index contributed by atoms with van der Waals surface area (Å²) in [5, 5.41) is 27.5. The smallest absolute Gasteiger partial charge is 0.105 e. The summed E-state index contributed by atoms with van der Waals surface area (Å²) in [4.78, 5) is 0. The van der Waals surface area contributed by atoms with Crippen LogP contribution in [0, 0.1) is 0 Å². The van der Waals surface area contributed by atoms with Crippen LogP contribution in [0.3, 0.4) is 0 Å². The molecule has 0 heterocycles. The lowest BCUT2D eigenvalue weighted by atomic mass is 9.93. The molecule has 0 amide bonds. The van der Waals surface area contributed by atoms with Gasteiger partial charge in [-0.1, -0.05) is 11.6 Å². The summed E-state index contributed by atoms with van der Waals surface area (Å²) in [6.45, 7) is 5.10. The first-order valence-electron chi connectivity index (χ1n) is 4.55. The fourth-order valence-corrected chi connectivity index (χ4v) is 1.02. The molecule has 78 valence electrons. The highest BCUT2D eigenvalue weighted by Crippen LogP contribution is 2.17. The second-order valence-electron chi connectivity index (χ2n) is 3.88. The molecule has 0 aromatic heterocycles. The molecule has 0 spiro atoms. The van der Waals surface area contributed by atoms with E-state index < -0.39 is 18.3 Å². The summed E-state index contributed by atoms with van der Waals surface area (Å²) in [6.07, 6.45) is 2.11. The molecule has 0 aliphatic carbocycles. The van der Waals surface area contributed by atoms with Gasteiger partial charge < -0.3 is 15.3 Å². The van der Waals surface area contributed by atoms with Gasteiger partial charge in [0.05, 0.1) is 12.2 Å². The van der Waals surface area contributed by atoms with Gasteiger partial charge in [0, 0.05) is 0 Å². The fraction of sp³-hybridized carbons (Fsp3) is 0.800. The SMILES string of the molecule is CC(C)=CCC[C@](C)(O)[C@H](O)CO. The van der Waals surface area contributed by atoms with Crippen molar-refractivity contribution in [3.8, 4) is 0 Å². The average molecular weight is 188 g/mol. The Morgan fingerprint density at radius 2 is 2.00 bits per heavy atom. The molecule has 0 aliphatic heterocycles. The number of aliphatic hydroxyl groups excluding tert-OH is 2. The summed E-state index contributed by atoms with van der Waals surface area (Å²) >= 11 is 0. The number of rotatable bonds is 5. The molecule has 2 atom stereocenters. The maximum atomic E-state index is 9.66. The third kappa shape index (κ3) is 5.03. The van der Waals surface area contributed by atoms with Crippen LogP contribution < -0.4 is 0 Å². The Morgan fingerprint density at radius 3 is 2.38 bits per heavy atom. The molecule has 13 heavy (non-hydrogen) atoms. The Bertz CT molecular complexity index is 169. The Labute approximate surface area is 79.7 Å². The van der Waals surface area contributed by atoms with E-state index in [1.165, 1.54) is 12.5 Å². The van der Waals surface area contributed by atoms with Crippen molar-refractivity contribution in [2.75, 3.05) is 6.61 Å². The second-order valence-corrected chi connectivity index (χ2v) is 3.88. The van der Waals surface area contributed by atoms with Gasteiger partial charge >= 0.3 is 0 Å². The Morgan fingerprint density at radius 1 is 1.46 bits per heavy atom. The van der Waals surface area contributed by atoms with Crippen molar-refractivity contribution >= 4 is 0 Å². The predicted octanol–water partition coefficient (Wildman–Crippen LogP) is 0.837. The van der Waals surface area contributed by atoms with Crippen molar-refractivity contribution in [2.45, 2.75) is 45.3 Å². The summed E-state index contributed by atoms with van der Waals surface area (Å²) in [5.74, 6) is 0. The van der Waals surface area contributed by atoms with E-state index in [0.29, 0.717) is 12.8 Å². The topological polar surface area (TPSA) is 60.7 Å². The van der Waals surface area contributed by atoms with Gasteiger partial charge in [0.1, 0.15) is 6.10 Å². The zero-order valence-corrected chi connectivity index (χ0v) is 8.62. The van der Waals surface area contributed by atoms with Gasteiger partial charge in [-0.3, -0.25) is 0 Å². The lowest BCUT2D eigenvalue weighted by molar-refractivity contribution is -0.0866. The first-order chi connectivity index (χ1) is 5.90. The molecule has 0 bridgehead atoms. The molecule has 0 unspecified atom stereocenters. The molecule has 3 N–H and O–H groups in total. The van der Waals surface area contributed by atoms with Crippen LogP contribution in [0.15, 0.2) is 11.6 Å². The quantitative estimate of drug-likeness (QED) is 0.560. The molecular formula is C10H20O3. The standard InChI is InChI=1S/C10H20O3/c1-8(2)5-4-6-10(3,13)9(12)7-11/h5,9,11-13H,4,6-7H2,1-3H3/t9-,10+/m1/s1. The van der Waals surface area contributed by atoms with Crippen molar-refractivity contribution in [3.63, 3.8) is 0 Å². The highest BCUT2D eigenvalue weighted by atomic mass is 16.4. The van der Waals surface area contributed by atoms with Crippen LogP contribution in [-0.2, 0) is 0 Å². The van der Waals surface area contributed by atoms with Crippen molar-refractivity contribution in [1.82, 2.24) is 0 Å². The highest BCUT2D eigenvalue weighted by molar-refractivity contribution is 4.95. The van der Waals surface area contributed by atoms with Gasteiger partial charge in [-0.25, -0.2) is 0 Å². The first-order valence-corrected chi connectivity index (χ1v) is 4.55. The maximum absolute atomic E-state index is 9.66. The Kier molecular flexibility index (Phi) is 5.21. The minimum atomic E-state index is -1.19. The van der Waals surface area contributed by atoms with Crippen LogP contribution in [0.2, 0.25) is 0 Å². The van der Waals surface area contributed by atoms with E-state index in [4.69, 9.17) is 5.11 Å². The van der Waals surface area contributed by atoms with Crippen molar-refractivity contribution in [1.29, 1.82) is 0 Å². The molecule has 0 radical (unpaired) electrons. The van der Waals surface area contributed by atoms with Crippen molar-refractivity contribution in [3.05, 3.63) is 11.6 Å². The van der Waals surface area contributed by atoms with E-state index >= 15 is 0 Å². The van der Waals surface area contributed by atoms with E-state index in [0.717, 1.165) is 0 Å². The summed E-state index contributed by atoms with van der Waals surface area (Å²) in [5.41, 5.74) is -0.00459. The highest BCUT2D eigenvalue weighted by Gasteiger charge is 2.28. The van der Waals surface area contributed by atoms with Crippen LogP contribution in [0.5, 0.6) is 0 Å². The molecule has 3 heteroatoms. The Hall–Kier alpha value is -0.380. The molecule has 0 saturated heterocycles. The fourth-order valence-electron chi connectivity index (χ4n) is 1.02. The third-order valence-electron chi connectivity index (χ3n) is 2.09. The van der Waals surface area contributed by atoms with Gasteiger partial charge in [-0.15, -0.1) is 0 Å². The van der Waals surface area contributed by atoms with E-state index in [2.05, 4.69) is 0 Å².